The first-order valence-electron chi connectivity index (χ1n) is 6.87. The molecule has 0 saturated carbocycles. The van der Waals surface area contributed by atoms with Crippen LogP contribution in [0.25, 0.3) is 0 Å². The lowest BCUT2D eigenvalue weighted by Crippen LogP contribution is -2.50. The summed E-state index contributed by atoms with van der Waals surface area (Å²) in [7, 11) is 0. The van der Waals surface area contributed by atoms with Crippen LogP contribution in [-0.4, -0.2) is 63.0 Å². The molecule has 3 N–H and O–H groups in total. The van der Waals surface area contributed by atoms with Crippen LogP contribution in [-0.2, 0) is 24.0 Å². The summed E-state index contributed by atoms with van der Waals surface area (Å²) in [6, 6.07) is -2.59. The number of ether oxygens (including phenoxy) is 1. The zero-order chi connectivity index (χ0) is 17.9. The van der Waals surface area contributed by atoms with Crippen molar-refractivity contribution in [3.63, 3.8) is 0 Å². The Labute approximate surface area is 132 Å². The van der Waals surface area contributed by atoms with Gasteiger partial charge in [0.15, 0.2) is 12.1 Å². The second kappa shape index (κ2) is 6.82. The van der Waals surface area contributed by atoms with Crippen molar-refractivity contribution in [2.75, 3.05) is 0 Å². The van der Waals surface area contributed by atoms with E-state index in [2.05, 4.69) is 5.32 Å². The molecule has 1 aliphatic rings. The fourth-order valence-corrected chi connectivity index (χ4v) is 1.84. The van der Waals surface area contributed by atoms with Gasteiger partial charge in [-0.3, -0.25) is 9.63 Å². The van der Waals surface area contributed by atoms with E-state index >= 15 is 0 Å². The molecule has 1 saturated heterocycles. The summed E-state index contributed by atoms with van der Waals surface area (Å²) in [5.41, 5.74) is -0.769. The van der Waals surface area contributed by atoms with E-state index < -0.39 is 47.7 Å². The predicted octanol–water partition coefficient (Wildman–Crippen LogP) is -0.0301. The van der Waals surface area contributed by atoms with Gasteiger partial charge in [0.25, 0.3) is 5.91 Å². The lowest BCUT2D eigenvalue weighted by molar-refractivity contribution is -0.200. The Morgan fingerprint density at radius 3 is 2.22 bits per heavy atom. The number of carbonyl (C=O) groups excluding carboxylic acids is 2. The molecule has 0 radical (unpaired) electrons. The first-order chi connectivity index (χ1) is 10.4. The monoisotopic (exact) mass is 332 g/mol. The highest BCUT2D eigenvalue weighted by Crippen LogP contribution is 2.22. The van der Waals surface area contributed by atoms with Crippen molar-refractivity contribution in [1.82, 2.24) is 10.4 Å². The zero-order valence-corrected chi connectivity index (χ0v) is 13.2. The molecule has 0 aromatic carbocycles. The van der Waals surface area contributed by atoms with Crippen LogP contribution < -0.4 is 5.32 Å². The summed E-state index contributed by atoms with van der Waals surface area (Å²) in [6.45, 7) is 6.23. The van der Waals surface area contributed by atoms with Crippen molar-refractivity contribution >= 4 is 23.9 Å². The van der Waals surface area contributed by atoms with E-state index in [1.807, 2.05) is 0 Å². The molecule has 1 heterocycles. The number of hydroxylamine groups is 2. The van der Waals surface area contributed by atoms with Gasteiger partial charge in [-0.25, -0.2) is 19.4 Å². The second-order valence-corrected chi connectivity index (χ2v) is 6.05. The van der Waals surface area contributed by atoms with E-state index in [4.69, 9.17) is 19.8 Å². The summed E-state index contributed by atoms with van der Waals surface area (Å²) in [4.78, 5) is 50.7. The standard InChI is InChI=1S/C13H20N2O8/c1-6(14-12(21)22-13(2,3)4)9(16)15-7(10(17)18)5-8(23-15)11(19)20/h6-8H,5H2,1-4H3,(H,14,21)(H,17,18)(H,19,20)/t6-,7+,8-/m0/s1. The second-order valence-electron chi connectivity index (χ2n) is 6.05. The van der Waals surface area contributed by atoms with Crippen LogP contribution in [0.15, 0.2) is 0 Å². The van der Waals surface area contributed by atoms with Crippen molar-refractivity contribution in [2.45, 2.75) is 57.9 Å². The highest BCUT2D eigenvalue weighted by atomic mass is 16.7. The van der Waals surface area contributed by atoms with Crippen molar-refractivity contribution < 1.29 is 39.0 Å². The molecule has 0 aliphatic carbocycles. The van der Waals surface area contributed by atoms with Gasteiger partial charge in [0.2, 0.25) is 0 Å². The molecule has 0 spiro atoms. The molecular weight excluding hydrogens is 312 g/mol. The number of nitrogens with zero attached hydrogens (tertiary/aromatic N) is 1. The average molecular weight is 332 g/mol. The zero-order valence-electron chi connectivity index (χ0n) is 13.2. The Morgan fingerprint density at radius 1 is 1.22 bits per heavy atom. The molecule has 2 amide bonds. The maximum atomic E-state index is 12.2. The third-order valence-electron chi connectivity index (χ3n) is 2.84. The van der Waals surface area contributed by atoms with E-state index in [9.17, 15) is 19.2 Å². The summed E-state index contributed by atoms with van der Waals surface area (Å²) in [6.07, 6.45) is -2.68. The third kappa shape index (κ3) is 5.09. The number of alkyl carbamates (subject to hydrolysis) is 1. The molecule has 1 rings (SSSR count). The van der Waals surface area contributed by atoms with Crippen LogP contribution in [0.2, 0.25) is 0 Å². The lowest BCUT2D eigenvalue weighted by atomic mass is 10.1. The number of carboxylic acid groups (broad SMARTS) is 2. The fraction of sp³-hybridized carbons (Fsp3) is 0.692. The van der Waals surface area contributed by atoms with Crippen LogP contribution in [0.5, 0.6) is 0 Å². The molecular formula is C13H20N2O8. The van der Waals surface area contributed by atoms with E-state index in [0.717, 1.165) is 0 Å². The Balaban J connectivity index is 2.75. The summed E-state index contributed by atoms with van der Waals surface area (Å²) in [5.74, 6) is -3.65. The molecule has 10 heteroatoms. The van der Waals surface area contributed by atoms with Gasteiger partial charge in [-0.2, -0.15) is 0 Å². The Hall–Kier alpha value is -2.36. The first-order valence-corrected chi connectivity index (χ1v) is 6.87. The summed E-state index contributed by atoms with van der Waals surface area (Å²) < 4.78 is 4.98. The van der Waals surface area contributed by atoms with E-state index in [1.165, 1.54) is 6.92 Å². The normalized spacial score (nSPS) is 22.3. The summed E-state index contributed by atoms with van der Waals surface area (Å²) in [5, 5.41) is 20.7. The highest BCUT2D eigenvalue weighted by molar-refractivity contribution is 5.89. The molecule has 1 aliphatic heterocycles. The quantitative estimate of drug-likeness (QED) is 0.651. The minimum absolute atomic E-state index is 0.379. The van der Waals surface area contributed by atoms with Gasteiger partial charge in [0.1, 0.15) is 11.6 Å². The van der Waals surface area contributed by atoms with Gasteiger partial charge >= 0.3 is 18.0 Å². The van der Waals surface area contributed by atoms with Gasteiger partial charge in [-0.05, 0) is 27.7 Å². The minimum Gasteiger partial charge on any atom is -0.480 e. The van der Waals surface area contributed by atoms with Crippen LogP contribution in [0.3, 0.4) is 0 Å². The van der Waals surface area contributed by atoms with E-state index in [0.29, 0.717) is 5.06 Å². The molecule has 0 aromatic heterocycles. The van der Waals surface area contributed by atoms with Gasteiger partial charge in [0.05, 0.1) is 0 Å². The molecule has 0 unspecified atom stereocenters. The molecule has 0 bridgehead atoms. The van der Waals surface area contributed by atoms with Crippen LogP contribution in [0.1, 0.15) is 34.1 Å². The van der Waals surface area contributed by atoms with E-state index in [1.54, 1.807) is 20.8 Å². The molecule has 3 atom stereocenters. The van der Waals surface area contributed by atoms with Crippen LogP contribution in [0, 0.1) is 0 Å². The maximum absolute atomic E-state index is 12.2. The van der Waals surface area contributed by atoms with Crippen molar-refractivity contribution in [1.29, 1.82) is 0 Å². The summed E-state index contributed by atoms with van der Waals surface area (Å²) >= 11 is 0. The van der Waals surface area contributed by atoms with Crippen molar-refractivity contribution in [3.05, 3.63) is 0 Å². The average Bonchev–Trinajstić information content (AvgIpc) is 2.80. The minimum atomic E-state index is -1.44. The third-order valence-corrected chi connectivity index (χ3v) is 2.84. The number of carboxylic acids is 2. The number of amides is 2. The van der Waals surface area contributed by atoms with Crippen LogP contribution >= 0.6 is 0 Å². The van der Waals surface area contributed by atoms with Crippen molar-refractivity contribution in [2.24, 2.45) is 0 Å². The Morgan fingerprint density at radius 2 is 1.78 bits per heavy atom. The number of nitrogens with one attached hydrogen (secondary N) is 1. The molecule has 23 heavy (non-hydrogen) atoms. The molecule has 130 valence electrons. The lowest BCUT2D eigenvalue weighted by Gasteiger charge is -2.25. The van der Waals surface area contributed by atoms with Gasteiger partial charge < -0.3 is 20.3 Å². The van der Waals surface area contributed by atoms with Gasteiger partial charge in [-0.1, -0.05) is 0 Å². The van der Waals surface area contributed by atoms with Gasteiger partial charge in [-0.15, -0.1) is 0 Å². The first kappa shape index (κ1) is 18.7. The number of rotatable bonds is 4. The smallest absolute Gasteiger partial charge is 0.408 e. The fourth-order valence-electron chi connectivity index (χ4n) is 1.84. The van der Waals surface area contributed by atoms with E-state index in [-0.39, 0.29) is 6.42 Å². The Kier molecular flexibility index (Phi) is 5.54. The van der Waals surface area contributed by atoms with Crippen molar-refractivity contribution in [3.8, 4) is 0 Å². The number of hydrogen-bond donors (Lipinski definition) is 3. The number of hydrogen-bond acceptors (Lipinski definition) is 6. The number of carbonyl (C=O) groups is 4. The number of aliphatic carboxylic acids is 2. The maximum Gasteiger partial charge on any atom is 0.408 e. The molecule has 10 nitrogen and oxygen atoms in total. The SMILES string of the molecule is C[C@H](NC(=O)OC(C)(C)C)C(=O)N1O[C@H](C(=O)O)C[C@@H]1C(=O)O. The Bertz CT molecular complexity index is 513. The predicted molar refractivity (Wildman–Crippen MR) is 74.2 cm³/mol. The molecule has 1 fully saturated rings. The topological polar surface area (TPSA) is 142 Å². The van der Waals surface area contributed by atoms with Crippen LogP contribution in [0.4, 0.5) is 4.79 Å². The molecule has 0 aromatic rings. The van der Waals surface area contributed by atoms with Gasteiger partial charge in [0, 0.05) is 6.42 Å². The largest absolute Gasteiger partial charge is 0.480 e. The highest BCUT2D eigenvalue weighted by Gasteiger charge is 2.45.